The van der Waals surface area contributed by atoms with Crippen molar-refractivity contribution in [3.05, 3.63) is 42.0 Å². The van der Waals surface area contributed by atoms with E-state index in [1.165, 1.54) is 4.90 Å². The molecule has 2 heterocycles. The molecular weight excluding hydrogens is 294 g/mol. The Balaban J connectivity index is 1.89. The first-order valence-corrected chi connectivity index (χ1v) is 7.38. The van der Waals surface area contributed by atoms with Gasteiger partial charge in [0.2, 0.25) is 0 Å². The van der Waals surface area contributed by atoms with E-state index in [9.17, 15) is 20.0 Å². The molecule has 2 saturated heterocycles. The number of rotatable bonds is 1. The minimum Gasteiger partial charge on any atom is -0.390 e. The SMILES string of the molecule is N#Cc1ccc(N2C(=O)[C@H]3[C@H](O)CCN3C2=O)c2ccccc12. The number of hydrogen-bond acceptors (Lipinski definition) is 4. The van der Waals surface area contributed by atoms with Gasteiger partial charge in [-0.25, -0.2) is 9.69 Å². The van der Waals surface area contributed by atoms with Crippen LogP contribution in [0.5, 0.6) is 0 Å². The molecular formula is C17H13N3O3. The average molecular weight is 307 g/mol. The summed E-state index contributed by atoms with van der Waals surface area (Å²) in [5, 5.41) is 20.6. The van der Waals surface area contributed by atoms with Gasteiger partial charge in [0.15, 0.2) is 0 Å². The lowest BCUT2D eigenvalue weighted by atomic mass is 10.0. The molecule has 0 radical (unpaired) electrons. The summed E-state index contributed by atoms with van der Waals surface area (Å²) in [6, 6.07) is 11.3. The van der Waals surface area contributed by atoms with Crippen LogP contribution in [0.15, 0.2) is 36.4 Å². The summed E-state index contributed by atoms with van der Waals surface area (Å²) in [6.07, 6.45) is -0.398. The minimum absolute atomic E-state index is 0.376. The Morgan fingerprint density at radius 2 is 1.87 bits per heavy atom. The van der Waals surface area contributed by atoms with E-state index in [4.69, 9.17) is 0 Å². The van der Waals surface area contributed by atoms with E-state index in [1.807, 2.05) is 6.07 Å². The van der Waals surface area contributed by atoms with Gasteiger partial charge in [-0.2, -0.15) is 5.26 Å². The molecule has 114 valence electrons. The smallest absolute Gasteiger partial charge is 0.332 e. The summed E-state index contributed by atoms with van der Waals surface area (Å²) in [4.78, 5) is 27.8. The van der Waals surface area contributed by atoms with Crippen LogP contribution in [0.4, 0.5) is 10.5 Å². The Morgan fingerprint density at radius 3 is 2.57 bits per heavy atom. The molecule has 0 aromatic heterocycles. The number of hydrogen-bond donors (Lipinski definition) is 1. The fourth-order valence-electron chi connectivity index (χ4n) is 3.44. The average Bonchev–Trinajstić information content (AvgIpc) is 3.07. The van der Waals surface area contributed by atoms with Gasteiger partial charge in [0.05, 0.1) is 23.4 Å². The standard InChI is InChI=1S/C17H13N3O3/c18-9-10-5-6-13(12-4-2-1-3-11(10)12)20-16(22)15-14(21)7-8-19(15)17(20)23/h1-6,14-15,21H,7-8H2/t14-,15-/m1/s1. The Hall–Kier alpha value is -2.91. The van der Waals surface area contributed by atoms with Gasteiger partial charge in [-0.3, -0.25) is 4.79 Å². The van der Waals surface area contributed by atoms with Crippen LogP contribution in [0.2, 0.25) is 0 Å². The van der Waals surface area contributed by atoms with E-state index in [0.717, 1.165) is 4.90 Å². The van der Waals surface area contributed by atoms with Gasteiger partial charge in [0.25, 0.3) is 5.91 Å². The molecule has 3 amide bonds. The summed E-state index contributed by atoms with van der Waals surface area (Å²) in [5.74, 6) is -0.408. The highest BCUT2D eigenvalue weighted by atomic mass is 16.3. The Labute approximate surface area is 132 Å². The zero-order valence-electron chi connectivity index (χ0n) is 12.1. The number of aliphatic hydroxyl groups is 1. The second-order valence-corrected chi connectivity index (χ2v) is 5.74. The highest BCUT2D eigenvalue weighted by Gasteiger charge is 2.52. The molecule has 2 aromatic rings. The number of carbonyl (C=O) groups is 2. The molecule has 0 bridgehead atoms. The zero-order chi connectivity index (χ0) is 16.1. The van der Waals surface area contributed by atoms with Crippen LogP contribution < -0.4 is 4.90 Å². The normalized spacial score (nSPS) is 23.5. The molecule has 2 fully saturated rings. The van der Waals surface area contributed by atoms with Crippen molar-refractivity contribution in [1.82, 2.24) is 4.90 Å². The molecule has 0 unspecified atom stereocenters. The molecule has 23 heavy (non-hydrogen) atoms. The molecule has 6 nitrogen and oxygen atoms in total. The van der Waals surface area contributed by atoms with E-state index in [2.05, 4.69) is 6.07 Å². The summed E-state index contributed by atoms with van der Waals surface area (Å²) in [5.41, 5.74) is 0.945. The van der Waals surface area contributed by atoms with Crippen molar-refractivity contribution >= 4 is 28.4 Å². The number of amides is 3. The highest BCUT2D eigenvalue weighted by Crippen LogP contribution is 2.36. The van der Waals surface area contributed by atoms with Crippen LogP contribution in [0.3, 0.4) is 0 Å². The highest BCUT2D eigenvalue weighted by molar-refractivity contribution is 6.25. The fourth-order valence-corrected chi connectivity index (χ4v) is 3.44. The van der Waals surface area contributed by atoms with Crippen LogP contribution in [0.1, 0.15) is 12.0 Å². The van der Waals surface area contributed by atoms with Gasteiger partial charge in [0, 0.05) is 17.3 Å². The zero-order valence-corrected chi connectivity index (χ0v) is 12.1. The predicted molar refractivity (Wildman–Crippen MR) is 82.7 cm³/mol. The number of anilines is 1. The van der Waals surface area contributed by atoms with Crippen molar-refractivity contribution in [2.75, 3.05) is 11.4 Å². The van der Waals surface area contributed by atoms with Crippen LogP contribution in [-0.4, -0.2) is 40.6 Å². The number of fused-ring (bicyclic) bond motifs is 2. The molecule has 0 spiro atoms. The number of urea groups is 1. The van der Waals surface area contributed by atoms with E-state index in [0.29, 0.717) is 35.0 Å². The van der Waals surface area contributed by atoms with Crippen molar-refractivity contribution < 1.29 is 14.7 Å². The summed E-state index contributed by atoms with van der Waals surface area (Å²) >= 11 is 0. The van der Waals surface area contributed by atoms with Crippen LogP contribution in [0.25, 0.3) is 10.8 Å². The van der Waals surface area contributed by atoms with Crippen LogP contribution >= 0.6 is 0 Å². The lowest BCUT2D eigenvalue weighted by Gasteiger charge is -2.18. The molecule has 1 N–H and O–H groups in total. The molecule has 2 aromatic carbocycles. The van der Waals surface area contributed by atoms with E-state index in [1.54, 1.807) is 30.3 Å². The van der Waals surface area contributed by atoms with Gasteiger partial charge in [-0.15, -0.1) is 0 Å². The molecule has 2 atom stereocenters. The van der Waals surface area contributed by atoms with E-state index in [-0.39, 0.29) is 0 Å². The summed E-state index contributed by atoms with van der Waals surface area (Å²) in [6.45, 7) is 0.376. The predicted octanol–water partition coefficient (Wildman–Crippen LogP) is 1.61. The second-order valence-electron chi connectivity index (χ2n) is 5.74. The monoisotopic (exact) mass is 307 g/mol. The first-order chi connectivity index (χ1) is 11.1. The van der Waals surface area contributed by atoms with Crippen LogP contribution in [-0.2, 0) is 4.79 Å². The van der Waals surface area contributed by atoms with Crippen molar-refractivity contribution in [2.45, 2.75) is 18.6 Å². The molecule has 0 aliphatic carbocycles. The number of nitrogens with zero attached hydrogens (tertiary/aromatic N) is 3. The third-order valence-electron chi connectivity index (χ3n) is 4.54. The number of benzene rings is 2. The van der Waals surface area contributed by atoms with Gasteiger partial charge in [-0.05, 0) is 18.6 Å². The fraction of sp³-hybridized carbons (Fsp3) is 0.235. The van der Waals surface area contributed by atoms with Gasteiger partial charge in [-0.1, -0.05) is 24.3 Å². The molecule has 6 heteroatoms. The Kier molecular flexibility index (Phi) is 2.86. The summed E-state index contributed by atoms with van der Waals surface area (Å²) < 4.78 is 0. The summed E-state index contributed by atoms with van der Waals surface area (Å²) in [7, 11) is 0. The lowest BCUT2D eigenvalue weighted by Crippen LogP contribution is -2.36. The first-order valence-electron chi connectivity index (χ1n) is 7.38. The first kappa shape index (κ1) is 13.7. The van der Waals surface area contributed by atoms with Crippen molar-refractivity contribution in [3.8, 4) is 6.07 Å². The minimum atomic E-state index is -0.818. The lowest BCUT2D eigenvalue weighted by molar-refractivity contribution is -0.121. The molecule has 2 aliphatic rings. The van der Waals surface area contributed by atoms with Crippen molar-refractivity contribution in [2.24, 2.45) is 0 Å². The number of aliphatic hydroxyl groups excluding tert-OH is 1. The molecule has 4 rings (SSSR count). The number of carbonyl (C=O) groups excluding carboxylic acids is 2. The van der Waals surface area contributed by atoms with Gasteiger partial charge >= 0.3 is 6.03 Å². The molecule has 2 aliphatic heterocycles. The maximum absolute atomic E-state index is 12.6. The van der Waals surface area contributed by atoms with Crippen molar-refractivity contribution in [1.29, 1.82) is 5.26 Å². The third kappa shape index (κ3) is 1.77. The second kappa shape index (κ2) is 4.80. The Morgan fingerprint density at radius 1 is 1.13 bits per heavy atom. The van der Waals surface area contributed by atoms with Gasteiger partial charge < -0.3 is 10.0 Å². The van der Waals surface area contributed by atoms with E-state index >= 15 is 0 Å². The third-order valence-corrected chi connectivity index (χ3v) is 4.54. The van der Waals surface area contributed by atoms with Crippen molar-refractivity contribution in [3.63, 3.8) is 0 Å². The number of imide groups is 1. The Bertz CT molecular complexity index is 886. The molecule has 0 saturated carbocycles. The quantitative estimate of drug-likeness (QED) is 0.811. The van der Waals surface area contributed by atoms with Gasteiger partial charge in [0.1, 0.15) is 6.04 Å². The largest absolute Gasteiger partial charge is 0.390 e. The topological polar surface area (TPSA) is 84.6 Å². The maximum atomic E-state index is 12.6. The maximum Gasteiger partial charge on any atom is 0.332 e. The number of nitriles is 1. The van der Waals surface area contributed by atoms with Crippen LogP contribution in [0, 0.1) is 11.3 Å². The van der Waals surface area contributed by atoms with E-state index < -0.39 is 24.1 Å².